The summed E-state index contributed by atoms with van der Waals surface area (Å²) in [6.07, 6.45) is 113. The first-order chi connectivity index (χ1) is 54.2. The van der Waals surface area contributed by atoms with E-state index in [2.05, 4.69) is 240 Å². The average Bonchev–Trinajstić information content (AvgIpc) is 0.900. The number of carbonyl (C=O) groups excluding carboxylic acids is 3. The van der Waals surface area contributed by atoms with E-state index in [0.29, 0.717) is 19.3 Å². The Morgan fingerprint density at radius 3 is 0.712 bits per heavy atom. The zero-order valence-corrected chi connectivity index (χ0v) is 70.3. The number of hydrogen-bond donors (Lipinski definition) is 4. The van der Waals surface area contributed by atoms with E-state index in [1.165, 1.54) is 32.1 Å². The molecule has 0 rings (SSSR count). The topological polar surface area (TPSA) is 231 Å². The van der Waals surface area contributed by atoms with Crippen molar-refractivity contribution in [2.75, 3.05) is 39.6 Å². The smallest absolute Gasteiger partial charge is 0.463 e. The number of ether oxygens (including phenoxy) is 3. The lowest BCUT2D eigenvalue weighted by Gasteiger charge is -2.21. The van der Waals surface area contributed by atoms with E-state index in [0.717, 1.165) is 199 Å². The highest BCUT2D eigenvalue weighted by atomic mass is 31.2. The molecule has 0 saturated carbocycles. The Balaban J connectivity index is 4.73. The van der Waals surface area contributed by atoms with Crippen LogP contribution in [0, 0.1) is 0 Å². The minimum absolute atomic E-state index is 0.0586. The van der Waals surface area contributed by atoms with Gasteiger partial charge in [0.05, 0.1) is 26.4 Å². The first-order valence-corrected chi connectivity index (χ1v) is 45.0. The van der Waals surface area contributed by atoms with Crippen molar-refractivity contribution in [2.45, 2.75) is 309 Å². The van der Waals surface area contributed by atoms with E-state index in [1.54, 1.807) is 0 Å². The van der Waals surface area contributed by atoms with Crippen molar-refractivity contribution in [3.63, 3.8) is 0 Å². The Morgan fingerprint density at radius 1 is 0.252 bits per heavy atom. The lowest BCUT2D eigenvalue weighted by atomic mass is 10.1. The molecule has 16 nitrogen and oxygen atoms in total. The Bertz CT molecular complexity index is 2900. The van der Waals surface area contributed by atoms with Gasteiger partial charge in [0.15, 0.2) is 6.10 Å². The van der Waals surface area contributed by atoms with Crippen molar-refractivity contribution in [1.29, 1.82) is 0 Å². The highest BCUT2D eigenvalue weighted by Crippen LogP contribution is 2.45. The van der Waals surface area contributed by atoms with Crippen LogP contribution in [0.3, 0.4) is 0 Å². The Kier molecular flexibility index (Phi) is 78.7. The number of aliphatic hydroxyl groups is 2. The van der Waals surface area contributed by atoms with E-state index in [9.17, 15) is 43.5 Å². The predicted molar refractivity (Wildman–Crippen MR) is 463 cm³/mol. The summed E-state index contributed by atoms with van der Waals surface area (Å²) in [6, 6.07) is 0. The molecule has 0 saturated heterocycles. The molecule has 0 spiro atoms. The molecule has 0 fully saturated rings. The number of allylic oxidation sites excluding steroid dienone is 36. The molecular weight excluding hydrogens is 1430 g/mol. The number of unbranched alkanes of at least 4 members (excludes halogenated alkanes) is 18. The van der Waals surface area contributed by atoms with E-state index in [-0.39, 0.29) is 19.3 Å². The third kappa shape index (κ3) is 84.6. The molecule has 0 aromatic carbocycles. The summed E-state index contributed by atoms with van der Waals surface area (Å²) in [6.45, 7) is 2.25. The van der Waals surface area contributed by atoms with Crippen LogP contribution in [0.5, 0.6) is 0 Å². The van der Waals surface area contributed by atoms with Gasteiger partial charge in [0.2, 0.25) is 0 Å². The molecule has 18 heteroatoms. The first kappa shape index (κ1) is 105. The summed E-state index contributed by atoms with van der Waals surface area (Å²) >= 11 is 0. The number of carbonyl (C=O) groups is 3. The monoisotopic (exact) mass is 1580 g/mol. The zero-order chi connectivity index (χ0) is 80.8. The maximum Gasteiger partial charge on any atom is 0.472 e. The lowest BCUT2D eigenvalue weighted by Crippen LogP contribution is -2.30. The molecular formula is C93H148O16P2. The second kappa shape index (κ2) is 83.3. The predicted octanol–water partition coefficient (Wildman–Crippen LogP) is 25.4. The highest BCUT2D eigenvalue weighted by Gasteiger charge is 2.29. The number of aliphatic hydroxyl groups excluding tert-OH is 2. The van der Waals surface area contributed by atoms with Crippen LogP contribution in [-0.2, 0) is 55.8 Å². The highest BCUT2D eigenvalue weighted by molar-refractivity contribution is 7.47. The summed E-state index contributed by atoms with van der Waals surface area (Å²) in [4.78, 5) is 58.9. The van der Waals surface area contributed by atoms with Crippen molar-refractivity contribution < 1.29 is 75.8 Å². The Labute approximate surface area is 672 Å². The van der Waals surface area contributed by atoms with Crippen molar-refractivity contribution in [1.82, 2.24) is 0 Å². The second-order valence-corrected chi connectivity index (χ2v) is 30.0. The maximum atomic E-state index is 13.0. The van der Waals surface area contributed by atoms with Gasteiger partial charge in [-0.2, -0.15) is 0 Å². The van der Waals surface area contributed by atoms with E-state index in [1.807, 2.05) is 0 Å². The third-order valence-electron chi connectivity index (χ3n) is 16.7. The largest absolute Gasteiger partial charge is 0.472 e. The maximum absolute atomic E-state index is 13.0. The summed E-state index contributed by atoms with van der Waals surface area (Å²) in [5.74, 6) is -1.65. The summed E-state index contributed by atoms with van der Waals surface area (Å²) in [7, 11) is -9.84. The normalized spacial score (nSPS) is 15.0. The van der Waals surface area contributed by atoms with Crippen LogP contribution in [0.15, 0.2) is 219 Å². The lowest BCUT2D eigenvalue weighted by molar-refractivity contribution is -0.161. The summed E-state index contributed by atoms with van der Waals surface area (Å²) < 4.78 is 61.3. The molecule has 0 bridgehead atoms. The van der Waals surface area contributed by atoms with Gasteiger partial charge in [-0.25, -0.2) is 9.13 Å². The van der Waals surface area contributed by atoms with Gasteiger partial charge in [0.25, 0.3) is 0 Å². The molecule has 626 valence electrons. The van der Waals surface area contributed by atoms with Crippen LogP contribution in [0.1, 0.15) is 290 Å². The van der Waals surface area contributed by atoms with Crippen LogP contribution >= 0.6 is 15.6 Å². The zero-order valence-electron chi connectivity index (χ0n) is 68.5. The van der Waals surface area contributed by atoms with Gasteiger partial charge in [-0.15, -0.1) is 0 Å². The van der Waals surface area contributed by atoms with Gasteiger partial charge in [-0.05, 0) is 173 Å². The fourth-order valence-electron chi connectivity index (χ4n) is 10.4. The third-order valence-corrected chi connectivity index (χ3v) is 18.6. The van der Waals surface area contributed by atoms with Crippen LogP contribution < -0.4 is 0 Å². The Hall–Kier alpha value is -6.13. The number of rotatable bonds is 77. The van der Waals surface area contributed by atoms with Gasteiger partial charge >= 0.3 is 33.6 Å². The van der Waals surface area contributed by atoms with Gasteiger partial charge < -0.3 is 34.2 Å². The standard InChI is InChI=1S/C93H148O16P2/c1-4-7-10-13-16-19-22-25-28-31-34-37-40-41-42-43-44-45-48-50-52-55-58-61-64-67-70-73-76-79-91(96)103-82-88(94)83-105-110(99,100)106-84-89(95)85-107-111(101,102)108-87-90(109-93(98)81-78-75-72-69-66-63-60-57-54-51-47-39-36-33-30-27-24-21-18-15-12-9-6-3)86-104-92(97)80-77-74-71-68-65-62-59-56-53-49-46-38-35-32-29-26-23-20-17-14-11-8-5-2/h7-12,16-21,25-30,34-39,41-42,44-45,49,51,53-54,59-60,62-63,88-90,94-95H,4-6,13-15,22-24,31-33,40,43,46-48,50,52,55-58,61,64-87H2,1-3H3,(H,99,100)(H,101,102)/b10-7-,11-8-,12-9-,19-16-,20-17-,21-18-,28-25-,29-26-,30-27-,37-34-,38-35-,39-36-,42-41-,45-44-,53-49-,54-51-,62-59-,63-60-. The molecule has 0 heterocycles. The van der Waals surface area contributed by atoms with Crippen molar-refractivity contribution in [3.8, 4) is 0 Å². The molecule has 5 unspecified atom stereocenters. The minimum Gasteiger partial charge on any atom is -0.463 e. The van der Waals surface area contributed by atoms with Gasteiger partial charge in [0, 0.05) is 19.3 Å². The first-order valence-electron chi connectivity index (χ1n) is 42.0. The fourth-order valence-corrected chi connectivity index (χ4v) is 12.0. The van der Waals surface area contributed by atoms with Crippen LogP contribution in [0.4, 0.5) is 0 Å². The van der Waals surface area contributed by atoms with Crippen molar-refractivity contribution in [2.24, 2.45) is 0 Å². The number of phosphoric ester groups is 2. The number of hydrogen-bond acceptors (Lipinski definition) is 14. The fraction of sp³-hybridized carbons (Fsp3) is 0.581. The number of phosphoric acid groups is 2. The quantitative estimate of drug-likeness (QED) is 0.0146. The minimum atomic E-state index is -4.96. The van der Waals surface area contributed by atoms with E-state index >= 15 is 0 Å². The van der Waals surface area contributed by atoms with Crippen molar-refractivity contribution >= 4 is 33.6 Å². The van der Waals surface area contributed by atoms with Gasteiger partial charge in [0.1, 0.15) is 25.4 Å². The second-order valence-electron chi connectivity index (χ2n) is 27.1. The molecule has 0 aliphatic rings. The molecule has 0 radical (unpaired) electrons. The molecule has 0 aromatic heterocycles. The summed E-state index contributed by atoms with van der Waals surface area (Å²) in [5.41, 5.74) is 0. The number of esters is 3. The van der Waals surface area contributed by atoms with E-state index in [4.69, 9.17) is 32.3 Å². The molecule has 0 aliphatic heterocycles. The average molecular weight is 1580 g/mol. The molecule has 5 atom stereocenters. The SMILES string of the molecule is CC/C=C\C/C=C\C/C=C\C/C=C\C/C=C\C/C=C\CCCCCCCCCCCCC(=O)OCC(O)COP(=O)(O)OCC(O)COP(=O)(O)OCC(COC(=O)CCCCCC/C=C\C/C=C\C/C=C\C/C=C\C/C=C\C/C=C\CC)OC(=O)CCCCCC/C=C\C/C=C\C/C=C\C/C=C\C/C=C\C/C=C\CC. The van der Waals surface area contributed by atoms with Crippen LogP contribution in [0.2, 0.25) is 0 Å². The molecule has 0 aliphatic carbocycles. The van der Waals surface area contributed by atoms with Crippen molar-refractivity contribution in [3.05, 3.63) is 219 Å². The van der Waals surface area contributed by atoms with E-state index < -0.39 is 91.5 Å². The molecule has 4 N–H and O–H groups in total. The molecule has 0 aromatic rings. The molecule has 111 heavy (non-hydrogen) atoms. The van der Waals surface area contributed by atoms with Crippen LogP contribution in [-0.4, -0.2) is 95.9 Å². The Morgan fingerprint density at radius 2 is 0.450 bits per heavy atom. The van der Waals surface area contributed by atoms with Gasteiger partial charge in [-0.1, -0.05) is 317 Å². The van der Waals surface area contributed by atoms with Gasteiger partial charge in [-0.3, -0.25) is 32.5 Å². The summed E-state index contributed by atoms with van der Waals surface area (Å²) in [5, 5.41) is 20.7. The molecule has 0 amide bonds. The van der Waals surface area contributed by atoms with Crippen LogP contribution in [0.25, 0.3) is 0 Å².